The maximum absolute atomic E-state index is 12.3. The van der Waals surface area contributed by atoms with Gasteiger partial charge in [0.1, 0.15) is 0 Å². The Kier molecular flexibility index (Phi) is 6.25. The lowest BCUT2D eigenvalue weighted by atomic mass is 10.0. The number of aliphatic hydroxyl groups is 1. The highest BCUT2D eigenvalue weighted by atomic mass is 32.2. The molecule has 0 heterocycles. The normalized spacial score (nSPS) is 13.1. The van der Waals surface area contributed by atoms with Crippen LogP contribution in [0.5, 0.6) is 0 Å². The Balaban J connectivity index is 2.97. The minimum absolute atomic E-state index is 0.00390. The third kappa shape index (κ3) is 4.76. The minimum Gasteiger partial charge on any atom is -0.396 e. The summed E-state index contributed by atoms with van der Waals surface area (Å²) in [5.41, 5.74) is 0.187. The van der Waals surface area contributed by atoms with Crippen LogP contribution in [-0.4, -0.2) is 31.6 Å². The van der Waals surface area contributed by atoms with Crippen molar-refractivity contribution in [2.75, 3.05) is 13.2 Å². The lowest BCUT2D eigenvalue weighted by Gasteiger charge is -2.15. The van der Waals surface area contributed by atoms with E-state index in [1.165, 1.54) is 12.1 Å². The molecule has 0 aliphatic heterocycles. The fourth-order valence-corrected chi connectivity index (χ4v) is 3.31. The van der Waals surface area contributed by atoms with Crippen molar-refractivity contribution in [3.05, 3.63) is 33.9 Å². The third-order valence-corrected chi connectivity index (χ3v) is 4.91. The fraction of sp³-hybridized carbons (Fsp3) is 0.538. The predicted molar refractivity (Wildman–Crippen MR) is 78.5 cm³/mol. The molecule has 0 amide bonds. The summed E-state index contributed by atoms with van der Waals surface area (Å²) in [6.07, 6.45) is 1.24. The molecular weight excluding hydrogens is 296 g/mol. The summed E-state index contributed by atoms with van der Waals surface area (Å²) < 4.78 is 27.0. The molecule has 0 spiro atoms. The van der Waals surface area contributed by atoms with E-state index in [0.29, 0.717) is 12.0 Å². The number of nitro groups is 1. The Morgan fingerprint density at radius 2 is 2.10 bits per heavy atom. The monoisotopic (exact) mass is 316 g/mol. The first kappa shape index (κ1) is 17.5. The third-order valence-electron chi connectivity index (χ3n) is 3.35. The Morgan fingerprint density at radius 3 is 2.62 bits per heavy atom. The van der Waals surface area contributed by atoms with Crippen LogP contribution in [0.3, 0.4) is 0 Å². The van der Waals surface area contributed by atoms with E-state index in [0.717, 1.165) is 12.5 Å². The summed E-state index contributed by atoms with van der Waals surface area (Å²) >= 11 is 0. The van der Waals surface area contributed by atoms with Crippen LogP contribution in [0.15, 0.2) is 23.1 Å². The molecule has 1 atom stereocenters. The number of rotatable bonds is 8. The number of non-ortho nitro benzene ring substituents is 1. The van der Waals surface area contributed by atoms with Gasteiger partial charge < -0.3 is 5.11 Å². The van der Waals surface area contributed by atoms with E-state index in [-0.39, 0.29) is 29.7 Å². The van der Waals surface area contributed by atoms with E-state index >= 15 is 0 Å². The fourth-order valence-electron chi connectivity index (χ4n) is 1.93. The number of hydrogen-bond acceptors (Lipinski definition) is 5. The topological polar surface area (TPSA) is 110 Å². The second-order valence-corrected chi connectivity index (χ2v) is 6.58. The van der Waals surface area contributed by atoms with Gasteiger partial charge in [-0.25, -0.2) is 13.1 Å². The van der Waals surface area contributed by atoms with Crippen LogP contribution in [0.4, 0.5) is 5.69 Å². The molecule has 8 heteroatoms. The van der Waals surface area contributed by atoms with Crippen molar-refractivity contribution in [3.63, 3.8) is 0 Å². The molecule has 1 rings (SSSR count). The molecule has 0 saturated carbocycles. The van der Waals surface area contributed by atoms with Crippen LogP contribution >= 0.6 is 0 Å². The second-order valence-electron chi connectivity index (χ2n) is 4.85. The molecule has 0 aliphatic rings. The first-order chi connectivity index (χ1) is 9.81. The number of sulfonamides is 1. The number of benzene rings is 1. The Labute approximate surface area is 124 Å². The number of nitrogens with one attached hydrogen (secondary N) is 1. The van der Waals surface area contributed by atoms with E-state index in [9.17, 15) is 18.5 Å². The van der Waals surface area contributed by atoms with Gasteiger partial charge in [-0.1, -0.05) is 19.4 Å². The molecule has 2 N–H and O–H groups in total. The lowest BCUT2D eigenvalue weighted by Crippen LogP contribution is -2.30. The highest BCUT2D eigenvalue weighted by Gasteiger charge is 2.21. The average molecular weight is 316 g/mol. The highest BCUT2D eigenvalue weighted by molar-refractivity contribution is 7.89. The maximum atomic E-state index is 12.3. The summed E-state index contributed by atoms with van der Waals surface area (Å²) in [5, 5.41) is 19.7. The van der Waals surface area contributed by atoms with Gasteiger partial charge in [0, 0.05) is 25.3 Å². The molecule has 21 heavy (non-hydrogen) atoms. The van der Waals surface area contributed by atoms with Gasteiger partial charge in [0.15, 0.2) is 0 Å². The molecule has 0 aromatic heterocycles. The molecule has 0 aliphatic carbocycles. The quantitative estimate of drug-likeness (QED) is 0.559. The van der Waals surface area contributed by atoms with Crippen molar-refractivity contribution in [1.29, 1.82) is 0 Å². The molecular formula is C13H20N2O5S. The number of hydrogen-bond donors (Lipinski definition) is 2. The number of nitrogens with zero attached hydrogens (tertiary/aromatic N) is 1. The molecule has 0 radical (unpaired) electrons. The number of aryl methyl sites for hydroxylation is 1. The van der Waals surface area contributed by atoms with Gasteiger partial charge in [-0.15, -0.1) is 0 Å². The zero-order valence-corrected chi connectivity index (χ0v) is 12.9. The zero-order chi connectivity index (χ0) is 16.0. The molecule has 1 aromatic carbocycles. The minimum atomic E-state index is -3.81. The van der Waals surface area contributed by atoms with Gasteiger partial charge in [-0.2, -0.15) is 0 Å². The van der Waals surface area contributed by atoms with Crippen molar-refractivity contribution < 1.29 is 18.4 Å². The molecule has 0 fully saturated rings. The molecule has 7 nitrogen and oxygen atoms in total. The van der Waals surface area contributed by atoms with Gasteiger partial charge in [-0.3, -0.25) is 10.1 Å². The van der Waals surface area contributed by atoms with Gasteiger partial charge in [0.25, 0.3) is 5.69 Å². The molecule has 118 valence electrons. The lowest BCUT2D eigenvalue weighted by molar-refractivity contribution is -0.385. The number of aliphatic hydroxyl groups excluding tert-OH is 1. The van der Waals surface area contributed by atoms with Crippen LogP contribution in [0, 0.1) is 23.0 Å². The molecule has 0 bridgehead atoms. The summed E-state index contributed by atoms with van der Waals surface area (Å²) in [4.78, 5) is 10.0. The summed E-state index contributed by atoms with van der Waals surface area (Å²) in [7, 11) is -3.81. The Morgan fingerprint density at radius 1 is 1.43 bits per heavy atom. The standard InChI is InChI=1S/C13H20N2O5S/c1-3-11(6-7-16)9-14-21(19,20)13-8-12(15(17)18)5-4-10(13)2/h4-5,8,11,14,16H,3,6-7,9H2,1-2H3. The first-order valence-corrected chi connectivity index (χ1v) is 8.15. The second kappa shape index (κ2) is 7.48. The van der Waals surface area contributed by atoms with Gasteiger partial charge >= 0.3 is 0 Å². The Bertz CT molecular complexity index is 601. The van der Waals surface area contributed by atoms with Crippen LogP contribution < -0.4 is 4.72 Å². The molecule has 1 aromatic rings. The van der Waals surface area contributed by atoms with Crippen LogP contribution in [-0.2, 0) is 10.0 Å². The smallest absolute Gasteiger partial charge is 0.270 e. The van der Waals surface area contributed by atoms with Crippen LogP contribution in [0.2, 0.25) is 0 Å². The van der Waals surface area contributed by atoms with E-state index < -0.39 is 14.9 Å². The van der Waals surface area contributed by atoms with Crippen molar-refractivity contribution in [2.45, 2.75) is 31.6 Å². The van der Waals surface area contributed by atoms with Crippen molar-refractivity contribution in [1.82, 2.24) is 4.72 Å². The summed E-state index contributed by atoms with van der Waals surface area (Å²) in [6, 6.07) is 3.75. The van der Waals surface area contributed by atoms with Crippen LogP contribution in [0.1, 0.15) is 25.3 Å². The van der Waals surface area contributed by atoms with E-state index in [1.807, 2.05) is 6.92 Å². The average Bonchev–Trinajstić information content (AvgIpc) is 2.43. The first-order valence-electron chi connectivity index (χ1n) is 6.67. The number of nitro benzene ring substituents is 1. The van der Waals surface area contributed by atoms with Crippen molar-refractivity contribution in [3.8, 4) is 0 Å². The molecule has 1 unspecified atom stereocenters. The van der Waals surface area contributed by atoms with E-state index in [1.54, 1.807) is 6.92 Å². The Hall–Kier alpha value is -1.51. The van der Waals surface area contributed by atoms with Crippen LogP contribution in [0.25, 0.3) is 0 Å². The maximum Gasteiger partial charge on any atom is 0.270 e. The molecule has 0 saturated heterocycles. The van der Waals surface area contributed by atoms with Gasteiger partial charge in [0.2, 0.25) is 10.0 Å². The largest absolute Gasteiger partial charge is 0.396 e. The van der Waals surface area contributed by atoms with Crippen molar-refractivity contribution >= 4 is 15.7 Å². The van der Waals surface area contributed by atoms with Crippen molar-refractivity contribution in [2.24, 2.45) is 5.92 Å². The van der Waals surface area contributed by atoms with E-state index in [2.05, 4.69) is 4.72 Å². The van der Waals surface area contributed by atoms with Gasteiger partial charge in [0.05, 0.1) is 9.82 Å². The summed E-state index contributed by atoms with van der Waals surface area (Å²) in [6.45, 7) is 3.69. The predicted octanol–water partition coefficient (Wildman–Crippen LogP) is 1.59. The van der Waals surface area contributed by atoms with E-state index in [4.69, 9.17) is 5.11 Å². The van der Waals surface area contributed by atoms with Gasteiger partial charge in [-0.05, 0) is 24.8 Å². The SMILES string of the molecule is CCC(CCO)CNS(=O)(=O)c1cc([N+](=O)[O-])ccc1C. The highest BCUT2D eigenvalue weighted by Crippen LogP contribution is 2.21. The zero-order valence-electron chi connectivity index (χ0n) is 12.1. The summed E-state index contributed by atoms with van der Waals surface area (Å²) in [5.74, 6) is 0.0313.